The molecule has 0 radical (unpaired) electrons. The molecule has 1 saturated carbocycles. The average molecular weight is 218 g/mol. The highest BCUT2D eigenvalue weighted by molar-refractivity contribution is 5.56. The fraction of sp³-hybridized carbons (Fsp3) is 0.750. The van der Waals surface area contributed by atoms with Gasteiger partial charge in [-0.2, -0.15) is 0 Å². The standard InChI is InChI=1S/C16H26/c1-10-11(2)16(9)12(3)15(10,8)13(4,5)14(16,6)7/h3H2,1-2,4-9H3. The lowest BCUT2D eigenvalue weighted by Gasteiger charge is -2.53. The molecule has 2 bridgehead atoms. The molecule has 0 N–H and O–H groups in total. The molecule has 2 rings (SSSR count). The van der Waals surface area contributed by atoms with E-state index in [9.17, 15) is 0 Å². The fourth-order valence-electron chi connectivity index (χ4n) is 4.64. The summed E-state index contributed by atoms with van der Waals surface area (Å²) in [5.41, 5.74) is 5.45. The van der Waals surface area contributed by atoms with Crippen LogP contribution in [0.5, 0.6) is 0 Å². The molecule has 2 atom stereocenters. The van der Waals surface area contributed by atoms with Crippen molar-refractivity contribution in [2.45, 2.75) is 55.4 Å². The maximum absolute atomic E-state index is 4.47. The van der Waals surface area contributed by atoms with Gasteiger partial charge in [-0.05, 0) is 24.7 Å². The van der Waals surface area contributed by atoms with Gasteiger partial charge in [-0.15, -0.1) is 0 Å². The maximum Gasteiger partial charge on any atom is 0.0155 e. The van der Waals surface area contributed by atoms with Gasteiger partial charge < -0.3 is 0 Å². The highest BCUT2D eigenvalue weighted by atomic mass is 14.8. The van der Waals surface area contributed by atoms with Crippen LogP contribution in [-0.2, 0) is 0 Å². The zero-order chi connectivity index (χ0) is 12.7. The van der Waals surface area contributed by atoms with Gasteiger partial charge in [0.2, 0.25) is 0 Å². The predicted molar refractivity (Wildman–Crippen MR) is 71.3 cm³/mol. The third-order valence-electron chi connectivity index (χ3n) is 7.33. The van der Waals surface area contributed by atoms with Crippen LogP contribution in [0.2, 0.25) is 0 Å². The van der Waals surface area contributed by atoms with Crippen molar-refractivity contribution in [3.05, 3.63) is 23.3 Å². The molecule has 2 aliphatic carbocycles. The molecule has 0 amide bonds. The van der Waals surface area contributed by atoms with Crippen LogP contribution in [0.3, 0.4) is 0 Å². The van der Waals surface area contributed by atoms with Gasteiger partial charge in [0.25, 0.3) is 0 Å². The highest BCUT2D eigenvalue weighted by Gasteiger charge is 2.73. The van der Waals surface area contributed by atoms with Gasteiger partial charge in [0.1, 0.15) is 0 Å². The molecule has 0 heterocycles. The summed E-state index contributed by atoms with van der Waals surface area (Å²) in [6.07, 6.45) is 0. The van der Waals surface area contributed by atoms with Crippen LogP contribution in [-0.4, -0.2) is 0 Å². The van der Waals surface area contributed by atoms with E-state index in [2.05, 4.69) is 62.0 Å². The predicted octanol–water partition coefficient (Wildman–Crippen LogP) is 4.97. The quantitative estimate of drug-likeness (QED) is 0.503. The summed E-state index contributed by atoms with van der Waals surface area (Å²) in [6, 6.07) is 0. The van der Waals surface area contributed by atoms with E-state index in [0.29, 0.717) is 0 Å². The lowest BCUT2D eigenvalue weighted by atomic mass is 9.50. The SMILES string of the molecule is C=C1C2(C)C(C)=C(C)C1(C)C(C)(C)C2(C)C. The normalized spacial score (nSPS) is 44.4. The Morgan fingerprint density at radius 3 is 1.12 bits per heavy atom. The monoisotopic (exact) mass is 218 g/mol. The Morgan fingerprint density at radius 2 is 0.938 bits per heavy atom. The molecule has 16 heavy (non-hydrogen) atoms. The minimum absolute atomic E-state index is 0.176. The summed E-state index contributed by atoms with van der Waals surface area (Å²) >= 11 is 0. The van der Waals surface area contributed by atoms with E-state index in [-0.39, 0.29) is 21.7 Å². The Kier molecular flexibility index (Phi) is 1.86. The van der Waals surface area contributed by atoms with Crippen molar-refractivity contribution in [1.82, 2.24) is 0 Å². The first-order valence-electron chi connectivity index (χ1n) is 6.35. The molecule has 0 aromatic rings. The molecule has 0 saturated heterocycles. The minimum atomic E-state index is 0.176. The van der Waals surface area contributed by atoms with Crippen LogP contribution in [0.15, 0.2) is 23.3 Å². The molecular weight excluding hydrogens is 192 g/mol. The van der Waals surface area contributed by atoms with Gasteiger partial charge in [-0.1, -0.05) is 64.8 Å². The van der Waals surface area contributed by atoms with Crippen molar-refractivity contribution in [3.63, 3.8) is 0 Å². The Hall–Kier alpha value is -0.520. The van der Waals surface area contributed by atoms with Crippen molar-refractivity contribution in [3.8, 4) is 0 Å². The van der Waals surface area contributed by atoms with Gasteiger partial charge in [0, 0.05) is 10.8 Å². The van der Waals surface area contributed by atoms with Crippen LogP contribution in [0.4, 0.5) is 0 Å². The Bertz CT molecular complexity index is 381. The summed E-state index contributed by atoms with van der Waals surface area (Å²) < 4.78 is 0. The van der Waals surface area contributed by atoms with Gasteiger partial charge in [0.05, 0.1) is 0 Å². The molecule has 0 aliphatic heterocycles. The van der Waals surface area contributed by atoms with Gasteiger partial charge in [-0.3, -0.25) is 0 Å². The van der Waals surface area contributed by atoms with Crippen LogP contribution in [0.25, 0.3) is 0 Å². The van der Waals surface area contributed by atoms with Crippen LogP contribution < -0.4 is 0 Å². The fourth-order valence-corrected chi connectivity index (χ4v) is 4.64. The second-order valence-electron chi connectivity index (χ2n) is 7.23. The molecule has 0 nitrogen and oxygen atoms in total. The van der Waals surface area contributed by atoms with E-state index in [0.717, 1.165) is 0 Å². The zero-order valence-corrected chi connectivity index (χ0v) is 12.2. The van der Waals surface area contributed by atoms with Crippen molar-refractivity contribution in [2.75, 3.05) is 0 Å². The van der Waals surface area contributed by atoms with Crippen molar-refractivity contribution < 1.29 is 0 Å². The second kappa shape index (κ2) is 2.49. The van der Waals surface area contributed by atoms with E-state index in [1.54, 1.807) is 11.1 Å². The lowest BCUT2D eigenvalue weighted by Crippen LogP contribution is -2.46. The maximum atomic E-state index is 4.47. The molecule has 2 unspecified atom stereocenters. The summed E-state index contributed by atoms with van der Waals surface area (Å²) in [4.78, 5) is 0. The highest BCUT2D eigenvalue weighted by Crippen LogP contribution is 2.80. The molecule has 0 heteroatoms. The molecule has 0 spiro atoms. The molecule has 90 valence electrons. The first-order chi connectivity index (χ1) is 6.97. The topological polar surface area (TPSA) is 0 Å². The number of fused-ring (bicyclic) bond motifs is 2. The van der Waals surface area contributed by atoms with E-state index in [4.69, 9.17) is 0 Å². The van der Waals surface area contributed by atoms with Crippen molar-refractivity contribution in [1.29, 1.82) is 0 Å². The van der Waals surface area contributed by atoms with Crippen molar-refractivity contribution in [2.24, 2.45) is 21.7 Å². The third kappa shape index (κ3) is 0.707. The smallest absolute Gasteiger partial charge is 0.0155 e. The largest absolute Gasteiger partial charge is 0.0981 e. The Balaban J connectivity index is 2.89. The number of allylic oxidation sites excluding steroid dienone is 3. The first-order valence-corrected chi connectivity index (χ1v) is 6.35. The number of hydrogen-bond donors (Lipinski definition) is 0. The summed E-state index contributed by atoms with van der Waals surface area (Å²) in [5, 5.41) is 0. The van der Waals surface area contributed by atoms with E-state index < -0.39 is 0 Å². The van der Waals surface area contributed by atoms with Gasteiger partial charge in [0.15, 0.2) is 0 Å². The molecule has 0 aromatic carbocycles. The number of hydrogen-bond acceptors (Lipinski definition) is 0. The van der Waals surface area contributed by atoms with Gasteiger partial charge >= 0.3 is 0 Å². The summed E-state index contributed by atoms with van der Waals surface area (Å²) in [6.45, 7) is 23.5. The molecule has 0 aromatic heterocycles. The first kappa shape index (κ1) is 12.0. The lowest BCUT2D eigenvalue weighted by molar-refractivity contribution is 0.0101. The Labute approximate surface area is 101 Å². The second-order valence-corrected chi connectivity index (χ2v) is 7.23. The summed E-state index contributed by atoms with van der Waals surface area (Å²) in [5.74, 6) is 0. The Morgan fingerprint density at radius 1 is 0.688 bits per heavy atom. The van der Waals surface area contributed by atoms with Crippen LogP contribution in [0.1, 0.15) is 55.4 Å². The van der Waals surface area contributed by atoms with E-state index in [1.807, 2.05) is 0 Å². The molecular formula is C16H26. The minimum Gasteiger partial charge on any atom is -0.0981 e. The van der Waals surface area contributed by atoms with Crippen LogP contribution in [0, 0.1) is 21.7 Å². The molecule has 1 fully saturated rings. The van der Waals surface area contributed by atoms with Crippen molar-refractivity contribution >= 4 is 0 Å². The average Bonchev–Trinajstić information content (AvgIpc) is 2.36. The molecule has 2 aliphatic rings. The van der Waals surface area contributed by atoms with Crippen LogP contribution >= 0.6 is 0 Å². The summed E-state index contributed by atoms with van der Waals surface area (Å²) in [7, 11) is 0. The number of rotatable bonds is 0. The third-order valence-corrected chi connectivity index (χ3v) is 7.33. The van der Waals surface area contributed by atoms with E-state index >= 15 is 0 Å². The zero-order valence-electron chi connectivity index (χ0n) is 12.2. The van der Waals surface area contributed by atoms with E-state index in [1.165, 1.54) is 5.57 Å². The van der Waals surface area contributed by atoms with Gasteiger partial charge in [-0.25, -0.2) is 0 Å².